The van der Waals surface area contributed by atoms with Gasteiger partial charge in [-0.25, -0.2) is 4.98 Å². The van der Waals surface area contributed by atoms with Crippen molar-refractivity contribution in [2.75, 3.05) is 0 Å². The summed E-state index contributed by atoms with van der Waals surface area (Å²) >= 11 is 0. The average Bonchev–Trinajstić information content (AvgIpc) is 2.17. The smallest absolute Gasteiger partial charge is 0.0928 e. The van der Waals surface area contributed by atoms with Gasteiger partial charge in [-0.3, -0.25) is 0 Å². The molecule has 0 aliphatic heterocycles. The number of hydrogen-bond donors (Lipinski definition) is 0. The highest BCUT2D eigenvalue weighted by Crippen LogP contribution is 2.11. The van der Waals surface area contributed by atoms with Crippen LogP contribution in [-0.2, 0) is 6.42 Å². The molecule has 0 unspecified atom stereocenters. The molecule has 1 heterocycles. The molecule has 1 aromatic heterocycles. The Kier molecular flexibility index (Phi) is 1.78. The zero-order valence-electron chi connectivity index (χ0n) is 7.04. The fourth-order valence-electron chi connectivity index (χ4n) is 1.24. The Bertz CT molecular complexity index is 393. The van der Waals surface area contributed by atoms with Crippen molar-refractivity contribution in [3.05, 3.63) is 42.1 Å². The number of aryl methyl sites for hydroxylation is 1. The predicted octanol–water partition coefficient (Wildman–Crippen LogP) is 2.60. The normalized spacial score (nSPS) is 10.4. The first-order chi connectivity index (χ1) is 5.90. The molecule has 0 aliphatic rings. The van der Waals surface area contributed by atoms with Crippen LogP contribution in [0.3, 0.4) is 0 Å². The Morgan fingerprint density at radius 3 is 3.00 bits per heavy atom. The van der Waals surface area contributed by atoms with E-state index in [0.717, 1.165) is 11.9 Å². The van der Waals surface area contributed by atoms with Crippen LogP contribution in [0.4, 0.5) is 0 Å². The quantitative estimate of drug-likeness (QED) is 0.618. The Morgan fingerprint density at radius 2 is 2.17 bits per heavy atom. The fraction of sp³-hybridized carbons (Fsp3) is 0.182. The first-order valence-corrected chi connectivity index (χ1v) is 4.16. The number of nitrogens with zero attached hydrogens (tertiary/aromatic N) is 1. The first-order valence-electron chi connectivity index (χ1n) is 4.16. The zero-order chi connectivity index (χ0) is 8.39. The summed E-state index contributed by atoms with van der Waals surface area (Å²) in [4.78, 5) is 4.23. The van der Waals surface area contributed by atoms with Gasteiger partial charge in [-0.05, 0) is 24.1 Å². The van der Waals surface area contributed by atoms with Gasteiger partial charge >= 0.3 is 0 Å². The molecule has 1 heteroatoms. The van der Waals surface area contributed by atoms with Crippen LogP contribution in [0.2, 0.25) is 0 Å². The van der Waals surface area contributed by atoms with Crippen molar-refractivity contribution in [3.8, 4) is 0 Å². The van der Waals surface area contributed by atoms with Gasteiger partial charge in [-0.2, -0.15) is 0 Å². The van der Waals surface area contributed by atoms with Crippen molar-refractivity contribution in [3.63, 3.8) is 0 Å². The van der Waals surface area contributed by atoms with Crippen molar-refractivity contribution >= 4 is 10.9 Å². The number of pyridine rings is 1. The largest absolute Gasteiger partial charge is 0.246 e. The number of fused-ring (bicyclic) bond motifs is 1. The van der Waals surface area contributed by atoms with E-state index < -0.39 is 0 Å². The minimum Gasteiger partial charge on any atom is -0.246 e. The van der Waals surface area contributed by atoms with Gasteiger partial charge in [-0.1, -0.05) is 25.1 Å². The molecule has 1 nitrogen and oxygen atoms in total. The number of rotatable bonds is 1. The summed E-state index contributed by atoms with van der Waals surface area (Å²) in [5, 5.41) is 1.20. The molecule has 0 fully saturated rings. The predicted molar refractivity (Wildman–Crippen MR) is 50.0 cm³/mol. The Balaban J connectivity index is 2.67. The summed E-state index contributed by atoms with van der Waals surface area (Å²) in [5.41, 5.74) is 2.20. The molecular formula is C11H10N. The van der Waals surface area contributed by atoms with Crippen LogP contribution in [0.5, 0.6) is 0 Å². The van der Waals surface area contributed by atoms with Gasteiger partial charge in [-0.15, -0.1) is 0 Å². The molecule has 59 valence electrons. The Labute approximate surface area is 72.1 Å². The van der Waals surface area contributed by atoms with E-state index in [1.165, 1.54) is 10.9 Å². The molecule has 1 radical (unpaired) electrons. The van der Waals surface area contributed by atoms with Crippen molar-refractivity contribution < 1.29 is 0 Å². The third kappa shape index (κ3) is 1.18. The maximum absolute atomic E-state index is 4.23. The minimum absolute atomic E-state index is 0.998. The lowest BCUT2D eigenvalue weighted by atomic mass is 10.1. The molecule has 0 N–H and O–H groups in total. The summed E-state index contributed by atoms with van der Waals surface area (Å²) in [6.07, 6.45) is 4.01. The number of para-hydroxylation sites is 1. The molecule has 2 aromatic rings. The van der Waals surface area contributed by atoms with E-state index in [4.69, 9.17) is 0 Å². The third-order valence-corrected chi connectivity index (χ3v) is 1.97. The number of benzene rings is 1. The van der Waals surface area contributed by atoms with E-state index in [0.29, 0.717) is 0 Å². The van der Waals surface area contributed by atoms with E-state index in [1.54, 1.807) is 0 Å². The summed E-state index contributed by atoms with van der Waals surface area (Å²) < 4.78 is 0. The molecule has 1 aromatic carbocycles. The maximum Gasteiger partial charge on any atom is 0.0928 e. The highest BCUT2D eigenvalue weighted by molar-refractivity contribution is 5.78. The van der Waals surface area contributed by atoms with Crippen LogP contribution in [-0.4, -0.2) is 4.98 Å². The van der Waals surface area contributed by atoms with Gasteiger partial charge in [0.15, 0.2) is 0 Å². The molecule has 0 bridgehead atoms. The molecule has 0 saturated heterocycles. The minimum atomic E-state index is 0.998. The molecule has 2 rings (SSSR count). The molecular weight excluding hydrogens is 146 g/mol. The lowest BCUT2D eigenvalue weighted by Gasteiger charge is -1.97. The van der Waals surface area contributed by atoms with Crippen molar-refractivity contribution in [2.45, 2.75) is 13.3 Å². The number of hydrogen-bond acceptors (Lipinski definition) is 1. The van der Waals surface area contributed by atoms with Crippen LogP contribution in [0.15, 0.2) is 30.3 Å². The second-order valence-corrected chi connectivity index (χ2v) is 2.81. The van der Waals surface area contributed by atoms with Crippen molar-refractivity contribution in [2.24, 2.45) is 0 Å². The average molecular weight is 156 g/mol. The Hall–Kier alpha value is -1.37. The first kappa shape index (κ1) is 7.29. The molecule has 0 amide bonds. The van der Waals surface area contributed by atoms with E-state index in [9.17, 15) is 0 Å². The highest BCUT2D eigenvalue weighted by atomic mass is 14.6. The molecule has 0 atom stereocenters. The molecule has 0 spiro atoms. The summed E-state index contributed by atoms with van der Waals surface area (Å²) in [6, 6.07) is 10.3. The van der Waals surface area contributed by atoms with Crippen LogP contribution in [0.1, 0.15) is 12.5 Å². The standard InChI is InChI=1S/C11H10N/c1-2-9-7-10-5-3-4-6-11(10)12-8-9/h3-7H,2H2,1H3. The topological polar surface area (TPSA) is 12.9 Å². The van der Waals surface area contributed by atoms with Crippen molar-refractivity contribution in [1.82, 2.24) is 4.98 Å². The lowest BCUT2D eigenvalue weighted by Crippen LogP contribution is -1.84. The van der Waals surface area contributed by atoms with Gasteiger partial charge in [0.05, 0.1) is 11.7 Å². The van der Waals surface area contributed by atoms with Crippen LogP contribution in [0, 0.1) is 6.20 Å². The third-order valence-electron chi connectivity index (χ3n) is 1.97. The summed E-state index contributed by atoms with van der Waals surface area (Å²) in [6.45, 7) is 2.11. The maximum atomic E-state index is 4.23. The summed E-state index contributed by atoms with van der Waals surface area (Å²) in [5.74, 6) is 0. The van der Waals surface area contributed by atoms with Gasteiger partial charge in [0.1, 0.15) is 0 Å². The second-order valence-electron chi connectivity index (χ2n) is 2.81. The van der Waals surface area contributed by atoms with E-state index >= 15 is 0 Å². The molecule has 12 heavy (non-hydrogen) atoms. The SMILES string of the molecule is CCc1[c]nc2ccccc2c1. The molecule has 0 saturated carbocycles. The van der Waals surface area contributed by atoms with E-state index in [-0.39, 0.29) is 0 Å². The Morgan fingerprint density at radius 1 is 1.33 bits per heavy atom. The monoisotopic (exact) mass is 156 g/mol. The van der Waals surface area contributed by atoms with E-state index in [1.807, 2.05) is 18.2 Å². The van der Waals surface area contributed by atoms with Crippen molar-refractivity contribution in [1.29, 1.82) is 0 Å². The van der Waals surface area contributed by atoms with Crippen LogP contribution in [0.25, 0.3) is 10.9 Å². The van der Waals surface area contributed by atoms with E-state index in [2.05, 4.69) is 30.2 Å². The fourth-order valence-corrected chi connectivity index (χ4v) is 1.24. The lowest BCUT2D eigenvalue weighted by molar-refractivity contribution is 1.11. The highest BCUT2D eigenvalue weighted by Gasteiger charge is 1.94. The number of aromatic nitrogens is 1. The van der Waals surface area contributed by atoms with Gasteiger partial charge in [0, 0.05) is 5.39 Å². The molecule has 0 aliphatic carbocycles. The van der Waals surface area contributed by atoms with Gasteiger partial charge in [0.25, 0.3) is 0 Å². The second kappa shape index (κ2) is 2.94. The van der Waals surface area contributed by atoms with Gasteiger partial charge < -0.3 is 0 Å². The van der Waals surface area contributed by atoms with Crippen LogP contribution >= 0.6 is 0 Å². The van der Waals surface area contributed by atoms with Gasteiger partial charge in [0.2, 0.25) is 0 Å². The summed E-state index contributed by atoms with van der Waals surface area (Å²) in [7, 11) is 0. The zero-order valence-corrected chi connectivity index (χ0v) is 7.04. The van der Waals surface area contributed by atoms with Crippen LogP contribution < -0.4 is 0 Å².